The smallest absolute Gasteiger partial charge is 0.305 e. The van der Waals surface area contributed by atoms with E-state index in [1.807, 2.05) is 13.8 Å². The van der Waals surface area contributed by atoms with E-state index in [9.17, 15) is 19.2 Å². The number of aliphatic imine (C=N–C) groups is 1. The quantitative estimate of drug-likeness (QED) is 0.198. The monoisotopic (exact) mass is 484 g/mol. The number of anilines is 1. The molecular weight excluding hydrogens is 456 g/mol. The van der Waals surface area contributed by atoms with Gasteiger partial charge in [-0.25, -0.2) is 4.99 Å². The highest BCUT2D eigenvalue weighted by Gasteiger charge is 2.24. The van der Waals surface area contributed by atoms with E-state index in [-0.39, 0.29) is 17.6 Å². The Morgan fingerprint density at radius 3 is 2.34 bits per heavy atom. The van der Waals surface area contributed by atoms with Crippen LogP contribution in [-0.4, -0.2) is 53.4 Å². The molecular formula is C23H28N6O6. The molecule has 0 heterocycles. The number of nitrogens with zero attached hydrogens (tertiary/aromatic N) is 1. The highest BCUT2D eigenvalue weighted by atomic mass is 16.5. The number of nitrogens with two attached hydrogens (primary N) is 2. The van der Waals surface area contributed by atoms with E-state index in [1.54, 1.807) is 36.4 Å². The van der Waals surface area contributed by atoms with E-state index in [0.717, 1.165) is 0 Å². The second-order valence-electron chi connectivity index (χ2n) is 7.67. The number of carbonyl (C=O) groups excluding carboxylic acids is 3. The van der Waals surface area contributed by atoms with Gasteiger partial charge in [0.05, 0.1) is 24.8 Å². The first-order valence-electron chi connectivity index (χ1n) is 10.6. The SMILES string of the molecule is CC(C)Oc1ccc(NC(=O)[C@H](CC(=O)O)NC(=O)CNC(=O)c2cccc(N=C(N)N)c2)cc1. The normalized spacial score (nSPS) is 11.2. The molecule has 2 rings (SSSR count). The number of carbonyl (C=O) groups is 4. The van der Waals surface area contributed by atoms with Crippen LogP contribution in [0.25, 0.3) is 0 Å². The molecule has 0 saturated heterocycles. The number of amides is 3. The van der Waals surface area contributed by atoms with Gasteiger partial charge in [0.2, 0.25) is 11.8 Å². The summed E-state index contributed by atoms with van der Waals surface area (Å²) in [6.07, 6.45) is -0.672. The summed E-state index contributed by atoms with van der Waals surface area (Å²) in [5.74, 6) is -2.92. The zero-order valence-electron chi connectivity index (χ0n) is 19.3. The number of nitrogens with one attached hydrogen (secondary N) is 3. The van der Waals surface area contributed by atoms with E-state index in [1.165, 1.54) is 12.1 Å². The molecule has 12 nitrogen and oxygen atoms in total. The highest BCUT2D eigenvalue weighted by molar-refractivity contribution is 6.00. The summed E-state index contributed by atoms with van der Waals surface area (Å²) in [7, 11) is 0. The third-order valence-electron chi connectivity index (χ3n) is 4.30. The summed E-state index contributed by atoms with van der Waals surface area (Å²) >= 11 is 0. The van der Waals surface area contributed by atoms with Crippen molar-refractivity contribution in [3.63, 3.8) is 0 Å². The predicted molar refractivity (Wildman–Crippen MR) is 129 cm³/mol. The first-order chi connectivity index (χ1) is 16.5. The summed E-state index contributed by atoms with van der Waals surface area (Å²) in [5, 5.41) is 16.4. The Labute approximate surface area is 201 Å². The van der Waals surface area contributed by atoms with Gasteiger partial charge in [-0.3, -0.25) is 19.2 Å². The van der Waals surface area contributed by atoms with Gasteiger partial charge in [-0.15, -0.1) is 0 Å². The Morgan fingerprint density at radius 1 is 1.06 bits per heavy atom. The average Bonchev–Trinajstić information content (AvgIpc) is 2.77. The highest BCUT2D eigenvalue weighted by Crippen LogP contribution is 2.17. The van der Waals surface area contributed by atoms with Crippen LogP contribution in [0.3, 0.4) is 0 Å². The number of hydrogen-bond donors (Lipinski definition) is 6. The molecule has 186 valence electrons. The molecule has 3 amide bonds. The largest absolute Gasteiger partial charge is 0.491 e. The van der Waals surface area contributed by atoms with Crippen molar-refractivity contribution >= 4 is 41.0 Å². The Morgan fingerprint density at radius 2 is 1.74 bits per heavy atom. The first kappa shape index (κ1) is 26.6. The fourth-order valence-corrected chi connectivity index (χ4v) is 2.88. The molecule has 0 spiro atoms. The van der Waals surface area contributed by atoms with Gasteiger partial charge in [0.15, 0.2) is 5.96 Å². The number of carboxylic acid groups (broad SMARTS) is 1. The minimum absolute atomic E-state index is 0.0201. The number of hydrogen-bond acceptors (Lipinski definition) is 6. The van der Waals surface area contributed by atoms with Crippen molar-refractivity contribution in [1.82, 2.24) is 10.6 Å². The van der Waals surface area contributed by atoms with E-state index in [0.29, 0.717) is 17.1 Å². The number of benzene rings is 2. The third kappa shape index (κ3) is 9.42. The van der Waals surface area contributed by atoms with Gasteiger partial charge in [-0.2, -0.15) is 0 Å². The molecule has 0 saturated carbocycles. The lowest BCUT2D eigenvalue weighted by Gasteiger charge is -2.17. The fourth-order valence-electron chi connectivity index (χ4n) is 2.88. The van der Waals surface area contributed by atoms with Gasteiger partial charge in [-0.05, 0) is 56.3 Å². The van der Waals surface area contributed by atoms with Crippen LogP contribution < -0.4 is 32.2 Å². The van der Waals surface area contributed by atoms with Gasteiger partial charge in [0.25, 0.3) is 5.91 Å². The molecule has 0 unspecified atom stereocenters. The van der Waals surface area contributed by atoms with Crippen LogP contribution >= 0.6 is 0 Å². The fraction of sp³-hybridized carbons (Fsp3) is 0.261. The van der Waals surface area contributed by atoms with Gasteiger partial charge >= 0.3 is 5.97 Å². The molecule has 0 aliphatic rings. The maximum absolute atomic E-state index is 12.6. The van der Waals surface area contributed by atoms with E-state index in [2.05, 4.69) is 20.9 Å². The van der Waals surface area contributed by atoms with Gasteiger partial charge in [-0.1, -0.05) is 6.07 Å². The van der Waals surface area contributed by atoms with Gasteiger partial charge in [0, 0.05) is 11.3 Å². The molecule has 0 aromatic heterocycles. The zero-order chi connectivity index (χ0) is 26.0. The second-order valence-corrected chi connectivity index (χ2v) is 7.67. The van der Waals surface area contributed by atoms with Crippen molar-refractivity contribution in [3.05, 3.63) is 54.1 Å². The summed E-state index contributed by atoms with van der Waals surface area (Å²) in [6, 6.07) is 11.2. The van der Waals surface area contributed by atoms with Gasteiger partial charge in [0.1, 0.15) is 11.8 Å². The van der Waals surface area contributed by atoms with Crippen molar-refractivity contribution in [2.45, 2.75) is 32.4 Å². The Balaban J connectivity index is 1.96. The molecule has 0 fully saturated rings. The van der Waals surface area contributed by atoms with Crippen molar-refractivity contribution in [2.24, 2.45) is 16.5 Å². The summed E-state index contributed by atoms with van der Waals surface area (Å²) in [6.45, 7) is 3.26. The maximum atomic E-state index is 12.6. The number of rotatable bonds is 11. The maximum Gasteiger partial charge on any atom is 0.305 e. The number of aliphatic carboxylic acids is 1. The van der Waals surface area contributed by atoms with Crippen LogP contribution in [0.15, 0.2) is 53.5 Å². The zero-order valence-corrected chi connectivity index (χ0v) is 19.3. The topological polar surface area (TPSA) is 198 Å². The lowest BCUT2D eigenvalue weighted by Crippen LogP contribution is -2.48. The summed E-state index contributed by atoms with van der Waals surface area (Å²) < 4.78 is 5.53. The molecule has 2 aromatic rings. The second kappa shape index (κ2) is 12.6. The van der Waals surface area contributed by atoms with E-state index in [4.69, 9.17) is 21.3 Å². The molecule has 35 heavy (non-hydrogen) atoms. The molecule has 0 bridgehead atoms. The van der Waals surface area contributed by atoms with Crippen LogP contribution in [0.2, 0.25) is 0 Å². The summed E-state index contributed by atoms with van der Waals surface area (Å²) in [5.41, 5.74) is 11.6. The Hall–Kier alpha value is -4.61. The standard InChI is InChI=1S/C23H28N6O6/c1-13(2)35-17-8-6-15(7-9-17)27-22(34)18(11-20(31)32)29-19(30)12-26-21(33)14-4-3-5-16(10-14)28-23(24)25/h3-10,13,18H,11-12H2,1-2H3,(H,26,33)(H,27,34)(H,29,30)(H,31,32)(H4,24,25,28)/t18-/m0/s1. The van der Waals surface area contributed by atoms with Gasteiger partial charge < -0.3 is 37.3 Å². The first-order valence-corrected chi connectivity index (χ1v) is 10.6. The van der Waals surface area contributed by atoms with Crippen molar-refractivity contribution in [1.29, 1.82) is 0 Å². The summed E-state index contributed by atoms with van der Waals surface area (Å²) in [4.78, 5) is 52.3. The van der Waals surface area contributed by atoms with Crippen LogP contribution in [0, 0.1) is 0 Å². The molecule has 2 aromatic carbocycles. The lowest BCUT2D eigenvalue weighted by molar-refractivity contribution is -0.139. The minimum atomic E-state index is -1.37. The molecule has 12 heteroatoms. The number of ether oxygens (including phenoxy) is 1. The molecule has 8 N–H and O–H groups in total. The average molecular weight is 485 g/mol. The van der Waals surface area contributed by atoms with Crippen LogP contribution in [-0.2, 0) is 14.4 Å². The Bertz CT molecular complexity index is 1100. The Kier molecular flexibility index (Phi) is 9.58. The predicted octanol–water partition coefficient (Wildman–Crippen LogP) is 0.707. The number of carboxylic acids is 1. The van der Waals surface area contributed by atoms with Crippen molar-refractivity contribution < 1.29 is 29.0 Å². The van der Waals surface area contributed by atoms with Crippen molar-refractivity contribution in [2.75, 3.05) is 11.9 Å². The third-order valence-corrected chi connectivity index (χ3v) is 4.30. The van der Waals surface area contributed by atoms with E-state index >= 15 is 0 Å². The number of guanidine groups is 1. The molecule has 0 aliphatic carbocycles. The van der Waals surface area contributed by atoms with Crippen LogP contribution in [0.4, 0.5) is 11.4 Å². The molecule has 1 atom stereocenters. The van der Waals surface area contributed by atoms with Crippen LogP contribution in [0.5, 0.6) is 5.75 Å². The lowest BCUT2D eigenvalue weighted by atomic mass is 10.1. The van der Waals surface area contributed by atoms with Crippen molar-refractivity contribution in [3.8, 4) is 5.75 Å². The minimum Gasteiger partial charge on any atom is -0.491 e. The van der Waals surface area contributed by atoms with E-state index < -0.39 is 42.7 Å². The molecule has 0 aliphatic heterocycles. The van der Waals surface area contributed by atoms with Crippen LogP contribution in [0.1, 0.15) is 30.6 Å². The molecule has 0 radical (unpaired) electrons.